The number of hydrogen-bond donors (Lipinski definition) is 2. The third kappa shape index (κ3) is 2.19. The molecule has 2 aromatic rings. The SMILES string of the molecule is CN(CCCO)c1nc2cc(N)ccc2n1C. The van der Waals surface area contributed by atoms with Crippen LogP contribution in [0.4, 0.5) is 11.6 Å². The van der Waals surface area contributed by atoms with E-state index in [4.69, 9.17) is 10.8 Å². The van der Waals surface area contributed by atoms with E-state index in [2.05, 4.69) is 4.98 Å². The van der Waals surface area contributed by atoms with Crippen LogP contribution < -0.4 is 10.6 Å². The van der Waals surface area contributed by atoms with E-state index in [-0.39, 0.29) is 6.61 Å². The summed E-state index contributed by atoms with van der Waals surface area (Å²) in [5.41, 5.74) is 8.43. The monoisotopic (exact) mass is 234 g/mol. The fraction of sp³-hybridized carbons (Fsp3) is 0.417. The number of benzene rings is 1. The van der Waals surface area contributed by atoms with Crippen molar-refractivity contribution in [2.45, 2.75) is 6.42 Å². The Bertz CT molecular complexity index is 520. The lowest BCUT2D eigenvalue weighted by atomic mass is 10.3. The number of rotatable bonds is 4. The molecule has 0 amide bonds. The lowest BCUT2D eigenvalue weighted by molar-refractivity contribution is 0.290. The second-order valence-electron chi connectivity index (χ2n) is 4.22. The van der Waals surface area contributed by atoms with E-state index in [9.17, 15) is 0 Å². The van der Waals surface area contributed by atoms with Gasteiger partial charge in [0.2, 0.25) is 5.95 Å². The van der Waals surface area contributed by atoms with Gasteiger partial charge in [-0.1, -0.05) is 0 Å². The molecule has 2 rings (SSSR count). The van der Waals surface area contributed by atoms with Crippen molar-refractivity contribution in [2.24, 2.45) is 7.05 Å². The van der Waals surface area contributed by atoms with Crippen LogP contribution in [0, 0.1) is 0 Å². The van der Waals surface area contributed by atoms with Crippen LogP contribution in [0.15, 0.2) is 18.2 Å². The summed E-state index contributed by atoms with van der Waals surface area (Å²) < 4.78 is 2.03. The maximum atomic E-state index is 8.84. The molecular formula is C12H18N4O. The van der Waals surface area contributed by atoms with Gasteiger partial charge in [0.25, 0.3) is 0 Å². The summed E-state index contributed by atoms with van der Waals surface area (Å²) >= 11 is 0. The number of nitrogens with two attached hydrogens (primary N) is 1. The number of aromatic nitrogens is 2. The highest BCUT2D eigenvalue weighted by Gasteiger charge is 2.11. The first-order valence-electron chi connectivity index (χ1n) is 5.67. The number of nitrogen functional groups attached to an aromatic ring is 1. The Morgan fingerprint density at radius 2 is 2.24 bits per heavy atom. The van der Waals surface area contributed by atoms with E-state index in [1.165, 1.54) is 0 Å². The molecule has 92 valence electrons. The Morgan fingerprint density at radius 3 is 2.94 bits per heavy atom. The molecule has 0 saturated heterocycles. The van der Waals surface area contributed by atoms with Crippen molar-refractivity contribution in [2.75, 3.05) is 30.8 Å². The van der Waals surface area contributed by atoms with Gasteiger partial charge in [0.05, 0.1) is 11.0 Å². The first-order chi connectivity index (χ1) is 8.13. The van der Waals surface area contributed by atoms with Gasteiger partial charge in [-0.2, -0.15) is 0 Å². The van der Waals surface area contributed by atoms with Crippen LogP contribution in [0.5, 0.6) is 0 Å². The average Bonchev–Trinajstić information content (AvgIpc) is 2.63. The number of fused-ring (bicyclic) bond motifs is 1. The second kappa shape index (κ2) is 4.63. The molecule has 0 atom stereocenters. The summed E-state index contributed by atoms with van der Waals surface area (Å²) in [5, 5.41) is 8.84. The molecule has 17 heavy (non-hydrogen) atoms. The van der Waals surface area contributed by atoms with Crippen LogP contribution in [0.25, 0.3) is 11.0 Å². The minimum Gasteiger partial charge on any atom is -0.399 e. The molecule has 5 nitrogen and oxygen atoms in total. The van der Waals surface area contributed by atoms with E-state index >= 15 is 0 Å². The quantitative estimate of drug-likeness (QED) is 0.774. The van der Waals surface area contributed by atoms with Crippen molar-refractivity contribution in [3.8, 4) is 0 Å². The Balaban J connectivity index is 2.37. The van der Waals surface area contributed by atoms with Crippen LogP contribution in [-0.2, 0) is 7.05 Å². The molecule has 0 aliphatic rings. The van der Waals surface area contributed by atoms with Gasteiger partial charge in [-0.15, -0.1) is 0 Å². The fourth-order valence-corrected chi connectivity index (χ4v) is 1.95. The lowest BCUT2D eigenvalue weighted by Gasteiger charge is -2.17. The first kappa shape index (κ1) is 11.7. The number of anilines is 2. The van der Waals surface area contributed by atoms with Crippen molar-refractivity contribution >= 4 is 22.7 Å². The smallest absolute Gasteiger partial charge is 0.206 e. The highest BCUT2D eigenvalue weighted by atomic mass is 16.3. The zero-order chi connectivity index (χ0) is 12.4. The maximum Gasteiger partial charge on any atom is 0.206 e. The summed E-state index contributed by atoms with van der Waals surface area (Å²) in [7, 11) is 3.95. The minimum atomic E-state index is 0.196. The highest BCUT2D eigenvalue weighted by molar-refractivity contribution is 5.81. The third-order valence-electron chi connectivity index (χ3n) is 2.87. The molecule has 5 heteroatoms. The molecule has 0 unspecified atom stereocenters. The van der Waals surface area contributed by atoms with Crippen LogP contribution in [0.3, 0.4) is 0 Å². The Hall–Kier alpha value is -1.75. The predicted octanol–water partition coefficient (Wildman–Crippen LogP) is 0.974. The Labute approximate surface area is 100 Å². The van der Waals surface area contributed by atoms with Crippen LogP contribution in [0.1, 0.15) is 6.42 Å². The van der Waals surface area contributed by atoms with E-state index in [1.54, 1.807) is 0 Å². The lowest BCUT2D eigenvalue weighted by Crippen LogP contribution is -2.22. The number of aliphatic hydroxyl groups excluding tert-OH is 1. The molecule has 1 aromatic carbocycles. The minimum absolute atomic E-state index is 0.196. The molecule has 1 heterocycles. The molecule has 0 spiro atoms. The number of nitrogens with zero attached hydrogens (tertiary/aromatic N) is 3. The van der Waals surface area contributed by atoms with Gasteiger partial charge in [-0.05, 0) is 24.6 Å². The van der Waals surface area contributed by atoms with E-state index in [0.29, 0.717) is 0 Å². The molecular weight excluding hydrogens is 216 g/mol. The fourth-order valence-electron chi connectivity index (χ4n) is 1.95. The van der Waals surface area contributed by atoms with Crippen LogP contribution in [0.2, 0.25) is 0 Å². The number of hydrogen-bond acceptors (Lipinski definition) is 4. The maximum absolute atomic E-state index is 8.84. The standard InChI is InChI=1S/C12H18N4O/c1-15(6-3-7-17)12-14-10-8-9(13)4-5-11(10)16(12)2/h4-5,8,17H,3,6-7,13H2,1-2H3. The zero-order valence-corrected chi connectivity index (χ0v) is 10.2. The molecule has 3 N–H and O–H groups in total. The van der Waals surface area contributed by atoms with Gasteiger partial charge in [0.15, 0.2) is 0 Å². The van der Waals surface area contributed by atoms with Crippen LogP contribution >= 0.6 is 0 Å². The Morgan fingerprint density at radius 1 is 1.47 bits per heavy atom. The van der Waals surface area contributed by atoms with Gasteiger partial charge in [0.1, 0.15) is 0 Å². The summed E-state index contributed by atoms with van der Waals surface area (Å²) in [4.78, 5) is 6.59. The number of aliphatic hydroxyl groups is 1. The van der Waals surface area contributed by atoms with Gasteiger partial charge in [-0.3, -0.25) is 0 Å². The van der Waals surface area contributed by atoms with E-state index in [1.807, 2.05) is 41.8 Å². The topological polar surface area (TPSA) is 67.3 Å². The van der Waals surface area contributed by atoms with Crippen molar-refractivity contribution in [1.82, 2.24) is 9.55 Å². The summed E-state index contributed by atoms with van der Waals surface area (Å²) in [6.45, 7) is 0.977. The summed E-state index contributed by atoms with van der Waals surface area (Å²) in [5.74, 6) is 0.888. The summed E-state index contributed by atoms with van der Waals surface area (Å²) in [6.07, 6.45) is 0.738. The predicted molar refractivity (Wildman–Crippen MR) is 70.1 cm³/mol. The van der Waals surface area contributed by atoms with Gasteiger partial charge in [0, 0.05) is 32.9 Å². The molecule has 0 bridgehead atoms. The molecule has 0 radical (unpaired) electrons. The van der Waals surface area contributed by atoms with Crippen LogP contribution in [-0.4, -0.2) is 34.9 Å². The third-order valence-corrected chi connectivity index (χ3v) is 2.87. The second-order valence-corrected chi connectivity index (χ2v) is 4.22. The molecule has 0 aliphatic heterocycles. The van der Waals surface area contributed by atoms with Gasteiger partial charge in [-0.25, -0.2) is 4.98 Å². The summed E-state index contributed by atoms with van der Waals surface area (Å²) in [6, 6.07) is 5.72. The van der Waals surface area contributed by atoms with E-state index in [0.717, 1.165) is 35.6 Å². The molecule has 0 aliphatic carbocycles. The van der Waals surface area contributed by atoms with Crippen molar-refractivity contribution in [1.29, 1.82) is 0 Å². The zero-order valence-electron chi connectivity index (χ0n) is 10.2. The molecule has 0 fully saturated rings. The van der Waals surface area contributed by atoms with Crippen molar-refractivity contribution in [3.63, 3.8) is 0 Å². The van der Waals surface area contributed by atoms with Gasteiger partial charge < -0.3 is 20.3 Å². The van der Waals surface area contributed by atoms with Crippen molar-refractivity contribution in [3.05, 3.63) is 18.2 Å². The van der Waals surface area contributed by atoms with E-state index < -0.39 is 0 Å². The number of aryl methyl sites for hydroxylation is 1. The van der Waals surface area contributed by atoms with Gasteiger partial charge >= 0.3 is 0 Å². The molecule has 0 saturated carbocycles. The first-order valence-corrected chi connectivity index (χ1v) is 5.67. The average molecular weight is 234 g/mol. The highest BCUT2D eigenvalue weighted by Crippen LogP contribution is 2.22. The Kier molecular flexibility index (Phi) is 3.19. The normalized spacial score (nSPS) is 11.0. The molecule has 1 aromatic heterocycles. The number of imidazole rings is 1. The largest absolute Gasteiger partial charge is 0.399 e. The van der Waals surface area contributed by atoms with Crippen molar-refractivity contribution < 1.29 is 5.11 Å².